The fraction of sp³-hybridized carbons (Fsp3) is 0.190. The third kappa shape index (κ3) is 5.97. The molecule has 2 aromatic heterocycles. The summed E-state index contributed by atoms with van der Waals surface area (Å²) >= 11 is 7.79. The fourth-order valence-corrected chi connectivity index (χ4v) is 5.76. The summed E-state index contributed by atoms with van der Waals surface area (Å²) < 4.78 is 3.84. The van der Waals surface area contributed by atoms with Gasteiger partial charge in [0.15, 0.2) is 9.50 Å². The lowest BCUT2D eigenvalue weighted by molar-refractivity contribution is -0.113. The van der Waals surface area contributed by atoms with Crippen molar-refractivity contribution in [2.75, 3.05) is 11.1 Å². The van der Waals surface area contributed by atoms with Gasteiger partial charge in [-0.2, -0.15) is 0 Å². The summed E-state index contributed by atoms with van der Waals surface area (Å²) in [6.07, 6.45) is 0.750. The number of aromatic nitrogens is 5. The molecule has 2 aromatic carbocycles. The van der Waals surface area contributed by atoms with E-state index in [4.69, 9.17) is 0 Å². The number of anilines is 1. The summed E-state index contributed by atoms with van der Waals surface area (Å²) in [5.74, 6) is 1.69. The van der Waals surface area contributed by atoms with E-state index in [1.165, 1.54) is 28.7 Å². The predicted octanol–water partition coefficient (Wildman–Crippen LogP) is 5.47. The lowest BCUT2D eigenvalue weighted by atomic mass is 10.2. The number of halogens is 1. The van der Waals surface area contributed by atoms with Crippen LogP contribution in [0.15, 0.2) is 68.6 Å². The number of rotatable bonds is 9. The lowest BCUT2D eigenvalue weighted by Crippen LogP contribution is -2.14. The van der Waals surface area contributed by atoms with Crippen LogP contribution in [-0.4, -0.2) is 36.6 Å². The van der Waals surface area contributed by atoms with Crippen LogP contribution in [0.2, 0.25) is 0 Å². The Morgan fingerprint density at radius 1 is 1.06 bits per heavy atom. The Morgan fingerprint density at radius 3 is 2.69 bits per heavy atom. The van der Waals surface area contributed by atoms with Crippen molar-refractivity contribution in [2.24, 2.45) is 0 Å². The number of aryl methyl sites for hydroxylation is 1. The van der Waals surface area contributed by atoms with Crippen LogP contribution < -0.4 is 5.32 Å². The van der Waals surface area contributed by atoms with E-state index in [-0.39, 0.29) is 11.7 Å². The highest BCUT2D eigenvalue weighted by Gasteiger charge is 2.15. The van der Waals surface area contributed by atoms with Crippen LogP contribution in [0.25, 0.3) is 5.69 Å². The third-order valence-corrected chi connectivity index (χ3v) is 7.73. The zero-order valence-corrected chi connectivity index (χ0v) is 21.1. The number of carbonyl (C=O) groups excluding carboxylic acids is 1. The lowest BCUT2D eigenvalue weighted by Gasteiger charge is -2.08. The molecule has 32 heavy (non-hydrogen) atoms. The average molecular weight is 548 g/mol. The van der Waals surface area contributed by atoms with E-state index in [0.717, 1.165) is 32.5 Å². The van der Waals surface area contributed by atoms with Crippen LogP contribution in [0.1, 0.15) is 18.3 Å². The largest absolute Gasteiger partial charge is 0.300 e. The molecular formula is C21H19BrN6OS3. The molecule has 0 atom stereocenters. The first-order valence-corrected chi connectivity index (χ1v) is 13.3. The molecule has 1 amide bonds. The normalized spacial score (nSPS) is 10.9. The van der Waals surface area contributed by atoms with Gasteiger partial charge in [-0.1, -0.05) is 88.0 Å². The van der Waals surface area contributed by atoms with E-state index in [9.17, 15) is 4.79 Å². The first-order valence-electron chi connectivity index (χ1n) is 9.75. The van der Waals surface area contributed by atoms with E-state index in [0.29, 0.717) is 10.3 Å². The SMILES string of the molecule is CCc1nnc(SCC(=O)Nc2nnc(SCc3cccc(Br)c3)s2)n1-c1ccccc1. The fourth-order valence-electron chi connectivity index (χ4n) is 2.83. The molecule has 0 aliphatic rings. The first-order chi connectivity index (χ1) is 15.6. The maximum absolute atomic E-state index is 12.5. The number of nitrogens with zero attached hydrogens (tertiary/aromatic N) is 5. The average Bonchev–Trinajstić information content (AvgIpc) is 3.43. The van der Waals surface area contributed by atoms with E-state index in [1.807, 2.05) is 54.0 Å². The van der Waals surface area contributed by atoms with Crippen LogP contribution in [0, 0.1) is 0 Å². The van der Waals surface area contributed by atoms with Gasteiger partial charge in [-0.15, -0.1) is 20.4 Å². The second kappa shape index (κ2) is 11.1. The smallest absolute Gasteiger partial charge is 0.236 e. The number of amides is 1. The van der Waals surface area contributed by atoms with Gasteiger partial charge in [0.2, 0.25) is 11.0 Å². The van der Waals surface area contributed by atoms with E-state index < -0.39 is 0 Å². The number of hydrogen-bond acceptors (Lipinski definition) is 8. The molecule has 2 heterocycles. The number of benzene rings is 2. The maximum atomic E-state index is 12.5. The topological polar surface area (TPSA) is 85.6 Å². The Morgan fingerprint density at radius 2 is 1.91 bits per heavy atom. The van der Waals surface area contributed by atoms with Crippen molar-refractivity contribution < 1.29 is 4.79 Å². The minimum atomic E-state index is -0.157. The summed E-state index contributed by atoms with van der Waals surface area (Å²) in [7, 11) is 0. The molecule has 0 saturated carbocycles. The minimum absolute atomic E-state index is 0.157. The summed E-state index contributed by atoms with van der Waals surface area (Å²) in [6.45, 7) is 2.03. The number of para-hydroxylation sites is 1. The summed E-state index contributed by atoms with van der Waals surface area (Å²) in [6, 6.07) is 18.1. The monoisotopic (exact) mass is 546 g/mol. The number of carbonyl (C=O) groups is 1. The molecule has 1 N–H and O–H groups in total. The highest BCUT2D eigenvalue weighted by molar-refractivity contribution is 9.10. The summed E-state index contributed by atoms with van der Waals surface area (Å²) in [5.41, 5.74) is 2.17. The maximum Gasteiger partial charge on any atom is 0.236 e. The number of thioether (sulfide) groups is 2. The standard InChI is InChI=1S/C21H19BrN6OS3/c1-2-17-24-26-20(28(17)16-9-4-3-5-10-16)30-13-18(29)23-19-25-27-21(32-19)31-12-14-7-6-8-15(22)11-14/h3-11H,2,12-13H2,1H3,(H,23,25,29). The summed E-state index contributed by atoms with van der Waals surface area (Å²) in [5, 5.41) is 20.8. The van der Waals surface area contributed by atoms with E-state index in [1.54, 1.807) is 11.8 Å². The van der Waals surface area contributed by atoms with Gasteiger partial charge in [0.25, 0.3) is 0 Å². The van der Waals surface area contributed by atoms with Crippen molar-refractivity contribution in [3.63, 3.8) is 0 Å². The third-order valence-electron chi connectivity index (χ3n) is 4.27. The van der Waals surface area contributed by atoms with Crippen molar-refractivity contribution in [1.82, 2.24) is 25.0 Å². The van der Waals surface area contributed by atoms with Crippen molar-refractivity contribution in [2.45, 2.75) is 28.6 Å². The number of nitrogens with one attached hydrogen (secondary N) is 1. The van der Waals surface area contributed by atoms with Gasteiger partial charge in [0.05, 0.1) is 5.75 Å². The zero-order chi connectivity index (χ0) is 22.3. The van der Waals surface area contributed by atoms with Crippen LogP contribution >= 0.6 is 50.8 Å². The van der Waals surface area contributed by atoms with Gasteiger partial charge in [-0.05, 0) is 29.8 Å². The highest BCUT2D eigenvalue weighted by atomic mass is 79.9. The molecule has 0 saturated heterocycles. The summed E-state index contributed by atoms with van der Waals surface area (Å²) in [4.78, 5) is 12.5. The zero-order valence-electron chi connectivity index (χ0n) is 17.1. The first kappa shape index (κ1) is 23.0. The van der Waals surface area contributed by atoms with Crippen LogP contribution in [-0.2, 0) is 17.0 Å². The Bertz CT molecular complexity index is 1200. The Hall–Kier alpha value is -2.21. The number of hydrogen-bond donors (Lipinski definition) is 1. The molecule has 0 unspecified atom stereocenters. The molecule has 4 aromatic rings. The Balaban J connectivity index is 1.33. The second-order valence-electron chi connectivity index (χ2n) is 6.55. The molecule has 164 valence electrons. The van der Waals surface area contributed by atoms with Crippen LogP contribution in [0.5, 0.6) is 0 Å². The molecule has 7 nitrogen and oxygen atoms in total. The molecule has 4 rings (SSSR count). The molecular weight excluding hydrogens is 528 g/mol. The molecule has 0 radical (unpaired) electrons. The predicted molar refractivity (Wildman–Crippen MR) is 134 cm³/mol. The van der Waals surface area contributed by atoms with Gasteiger partial charge < -0.3 is 0 Å². The van der Waals surface area contributed by atoms with Gasteiger partial charge in [-0.3, -0.25) is 14.7 Å². The molecule has 0 spiro atoms. The van der Waals surface area contributed by atoms with Gasteiger partial charge >= 0.3 is 0 Å². The van der Waals surface area contributed by atoms with Gasteiger partial charge in [0.1, 0.15) is 5.82 Å². The van der Waals surface area contributed by atoms with Gasteiger partial charge in [0, 0.05) is 22.3 Å². The Kier molecular flexibility index (Phi) is 7.95. The Labute approximate surface area is 206 Å². The van der Waals surface area contributed by atoms with Crippen LogP contribution in [0.4, 0.5) is 5.13 Å². The minimum Gasteiger partial charge on any atom is -0.300 e. The second-order valence-corrected chi connectivity index (χ2v) is 10.6. The molecule has 11 heteroatoms. The van der Waals surface area contributed by atoms with E-state index in [2.05, 4.69) is 53.8 Å². The van der Waals surface area contributed by atoms with Crippen molar-refractivity contribution in [3.05, 3.63) is 70.5 Å². The van der Waals surface area contributed by atoms with Crippen molar-refractivity contribution >= 4 is 61.8 Å². The van der Waals surface area contributed by atoms with Gasteiger partial charge in [-0.25, -0.2) is 0 Å². The van der Waals surface area contributed by atoms with Crippen LogP contribution in [0.3, 0.4) is 0 Å². The van der Waals surface area contributed by atoms with E-state index >= 15 is 0 Å². The van der Waals surface area contributed by atoms with Crippen molar-refractivity contribution in [1.29, 1.82) is 0 Å². The molecule has 0 aliphatic carbocycles. The molecule has 0 aliphatic heterocycles. The molecule has 0 bridgehead atoms. The highest BCUT2D eigenvalue weighted by Crippen LogP contribution is 2.29. The molecule has 0 fully saturated rings. The van der Waals surface area contributed by atoms with Crippen molar-refractivity contribution in [3.8, 4) is 5.69 Å². The quantitative estimate of drug-likeness (QED) is 0.220.